The smallest absolute Gasteiger partial charge is 0.240 e. The van der Waals surface area contributed by atoms with Crippen molar-refractivity contribution in [2.45, 2.75) is 30.2 Å². The van der Waals surface area contributed by atoms with E-state index in [4.69, 9.17) is 5.26 Å². The van der Waals surface area contributed by atoms with E-state index in [1.165, 1.54) is 0 Å². The summed E-state index contributed by atoms with van der Waals surface area (Å²) >= 11 is 0. The van der Waals surface area contributed by atoms with Gasteiger partial charge in [-0.25, -0.2) is 13.1 Å². The van der Waals surface area contributed by atoms with E-state index in [1.807, 2.05) is 6.07 Å². The molecule has 0 atom stereocenters. The van der Waals surface area contributed by atoms with Gasteiger partial charge in [0.1, 0.15) is 0 Å². The van der Waals surface area contributed by atoms with Gasteiger partial charge in [0.25, 0.3) is 0 Å². The third-order valence-electron chi connectivity index (χ3n) is 3.18. The van der Waals surface area contributed by atoms with Gasteiger partial charge in [0.05, 0.1) is 17.4 Å². The molecule has 0 unspecified atom stereocenters. The van der Waals surface area contributed by atoms with Gasteiger partial charge in [-0.15, -0.1) is 0 Å². The molecule has 1 aromatic carbocycles. The van der Waals surface area contributed by atoms with Crippen LogP contribution in [0, 0.1) is 11.3 Å². The van der Waals surface area contributed by atoms with Crippen LogP contribution >= 0.6 is 0 Å². The molecular weight excluding hydrogens is 262 g/mol. The Morgan fingerprint density at radius 1 is 1.26 bits per heavy atom. The summed E-state index contributed by atoms with van der Waals surface area (Å²) in [4.78, 5) is 0.257. The quantitative estimate of drug-likeness (QED) is 0.853. The lowest BCUT2D eigenvalue weighted by Gasteiger charge is -2.23. The first-order valence-corrected chi connectivity index (χ1v) is 7.79. The minimum Gasteiger partial charge on any atom is -0.317 e. The first kappa shape index (κ1) is 14.0. The minimum atomic E-state index is -3.45. The molecule has 5 nitrogen and oxygen atoms in total. The number of sulfonamides is 1. The molecule has 19 heavy (non-hydrogen) atoms. The van der Waals surface area contributed by atoms with Crippen molar-refractivity contribution in [3.63, 3.8) is 0 Å². The van der Waals surface area contributed by atoms with Crippen LogP contribution in [0.15, 0.2) is 29.2 Å². The zero-order chi connectivity index (χ0) is 13.7. The van der Waals surface area contributed by atoms with Gasteiger partial charge < -0.3 is 5.32 Å². The van der Waals surface area contributed by atoms with Crippen LogP contribution in [0.25, 0.3) is 0 Å². The van der Waals surface area contributed by atoms with Crippen molar-refractivity contribution in [2.75, 3.05) is 13.1 Å². The number of hydrogen-bond acceptors (Lipinski definition) is 4. The van der Waals surface area contributed by atoms with Crippen LogP contribution in [-0.4, -0.2) is 27.5 Å². The summed E-state index contributed by atoms with van der Waals surface area (Å²) in [6, 6.07) is 8.51. The predicted octanol–water partition coefficient (Wildman–Crippen LogP) is 0.783. The molecule has 1 aliphatic rings. The van der Waals surface area contributed by atoms with Crippen LogP contribution in [0.3, 0.4) is 0 Å². The molecular formula is C13H17N3O2S. The third-order valence-corrected chi connectivity index (χ3v) is 4.71. The van der Waals surface area contributed by atoms with E-state index in [2.05, 4.69) is 10.0 Å². The van der Waals surface area contributed by atoms with Crippen molar-refractivity contribution in [1.29, 1.82) is 5.26 Å². The molecule has 0 aliphatic carbocycles. The topological polar surface area (TPSA) is 82.0 Å². The van der Waals surface area contributed by atoms with Crippen LogP contribution < -0.4 is 10.0 Å². The Morgan fingerprint density at radius 2 is 1.89 bits per heavy atom. The summed E-state index contributed by atoms with van der Waals surface area (Å²) in [7, 11) is -3.45. The molecule has 0 aromatic heterocycles. The van der Waals surface area contributed by atoms with E-state index in [-0.39, 0.29) is 10.9 Å². The highest BCUT2D eigenvalue weighted by atomic mass is 32.2. The number of nitrogens with zero attached hydrogens (tertiary/aromatic N) is 1. The monoisotopic (exact) mass is 279 g/mol. The molecule has 0 bridgehead atoms. The van der Waals surface area contributed by atoms with Gasteiger partial charge in [0, 0.05) is 6.04 Å². The molecule has 0 spiro atoms. The molecule has 1 aliphatic heterocycles. The molecule has 1 heterocycles. The second-order valence-electron chi connectivity index (χ2n) is 4.62. The molecule has 2 N–H and O–H groups in total. The average Bonchev–Trinajstić information content (AvgIpc) is 2.40. The van der Waals surface area contributed by atoms with E-state index in [9.17, 15) is 8.42 Å². The number of hydrogen-bond donors (Lipinski definition) is 2. The Kier molecular flexibility index (Phi) is 4.53. The summed E-state index contributed by atoms with van der Waals surface area (Å²) in [5.41, 5.74) is 0.823. The van der Waals surface area contributed by atoms with Crippen molar-refractivity contribution in [1.82, 2.24) is 10.0 Å². The lowest BCUT2D eigenvalue weighted by Crippen LogP contribution is -2.42. The van der Waals surface area contributed by atoms with Crippen molar-refractivity contribution < 1.29 is 8.42 Å². The first-order valence-electron chi connectivity index (χ1n) is 6.31. The Labute approximate surface area is 113 Å². The van der Waals surface area contributed by atoms with Gasteiger partial charge in [0.15, 0.2) is 0 Å². The van der Waals surface area contributed by atoms with Gasteiger partial charge in [-0.3, -0.25) is 0 Å². The largest absolute Gasteiger partial charge is 0.317 e. The second-order valence-corrected chi connectivity index (χ2v) is 6.34. The van der Waals surface area contributed by atoms with E-state index in [0.717, 1.165) is 31.5 Å². The molecule has 0 saturated carbocycles. The summed E-state index contributed by atoms with van der Waals surface area (Å²) in [5, 5.41) is 11.8. The lowest BCUT2D eigenvalue weighted by molar-refractivity contribution is 0.427. The van der Waals surface area contributed by atoms with Gasteiger partial charge >= 0.3 is 0 Å². The highest BCUT2D eigenvalue weighted by Crippen LogP contribution is 2.13. The fourth-order valence-electron chi connectivity index (χ4n) is 2.10. The van der Waals surface area contributed by atoms with Crippen molar-refractivity contribution in [3.8, 4) is 6.07 Å². The van der Waals surface area contributed by atoms with Crippen LogP contribution in [0.4, 0.5) is 0 Å². The van der Waals surface area contributed by atoms with Gasteiger partial charge in [-0.2, -0.15) is 5.26 Å². The van der Waals surface area contributed by atoms with E-state index in [1.54, 1.807) is 24.3 Å². The summed E-state index contributed by atoms with van der Waals surface area (Å²) in [6.07, 6.45) is 1.92. The van der Waals surface area contributed by atoms with Crippen molar-refractivity contribution in [3.05, 3.63) is 29.8 Å². The fraction of sp³-hybridized carbons (Fsp3) is 0.462. The fourth-order valence-corrected chi connectivity index (χ4v) is 3.41. The number of piperidine rings is 1. The summed E-state index contributed by atoms with van der Waals surface area (Å²) in [6.45, 7) is 1.68. The molecule has 1 aromatic rings. The Balaban J connectivity index is 2.08. The Bertz CT molecular complexity index is 555. The molecule has 1 saturated heterocycles. The molecule has 102 valence electrons. The van der Waals surface area contributed by atoms with Gasteiger partial charge in [-0.1, -0.05) is 12.1 Å². The maximum atomic E-state index is 12.2. The van der Waals surface area contributed by atoms with E-state index >= 15 is 0 Å². The van der Waals surface area contributed by atoms with Gasteiger partial charge in [0.2, 0.25) is 10.0 Å². The molecule has 6 heteroatoms. The maximum absolute atomic E-state index is 12.2. The summed E-state index contributed by atoms with van der Waals surface area (Å²) in [5.74, 6) is 0. The zero-order valence-corrected chi connectivity index (χ0v) is 11.4. The van der Waals surface area contributed by atoms with Crippen LogP contribution in [-0.2, 0) is 16.4 Å². The normalized spacial score (nSPS) is 17.0. The average molecular weight is 279 g/mol. The van der Waals surface area contributed by atoms with E-state index in [0.29, 0.717) is 6.42 Å². The van der Waals surface area contributed by atoms with Crippen LogP contribution in [0.5, 0.6) is 0 Å². The van der Waals surface area contributed by atoms with Gasteiger partial charge in [-0.05, 0) is 43.6 Å². The lowest BCUT2D eigenvalue weighted by atomic mass is 10.1. The highest BCUT2D eigenvalue weighted by molar-refractivity contribution is 7.89. The van der Waals surface area contributed by atoms with Crippen LogP contribution in [0.1, 0.15) is 18.4 Å². The van der Waals surface area contributed by atoms with Crippen LogP contribution in [0.2, 0.25) is 0 Å². The van der Waals surface area contributed by atoms with Crippen molar-refractivity contribution >= 4 is 10.0 Å². The number of nitrogens with one attached hydrogen (secondary N) is 2. The zero-order valence-electron chi connectivity index (χ0n) is 10.6. The second kappa shape index (κ2) is 6.15. The van der Waals surface area contributed by atoms with E-state index < -0.39 is 10.0 Å². The molecule has 0 amide bonds. The summed E-state index contributed by atoms with van der Waals surface area (Å²) < 4.78 is 27.1. The maximum Gasteiger partial charge on any atom is 0.240 e. The third kappa shape index (κ3) is 3.77. The first-order chi connectivity index (χ1) is 9.12. The number of rotatable bonds is 4. The molecule has 0 radical (unpaired) electrons. The number of nitriles is 1. The minimum absolute atomic E-state index is 0.00466. The SMILES string of the molecule is N#CCc1ccc(S(=O)(=O)NC2CCNCC2)cc1. The standard InChI is InChI=1S/C13H17N3O2S/c14-8-5-11-1-3-13(4-2-11)19(17,18)16-12-6-9-15-10-7-12/h1-4,12,15-16H,5-7,9-10H2. The predicted molar refractivity (Wildman–Crippen MR) is 72.0 cm³/mol. The Hall–Kier alpha value is -1.42. The molecule has 1 fully saturated rings. The van der Waals surface area contributed by atoms with Crippen molar-refractivity contribution in [2.24, 2.45) is 0 Å². The molecule has 2 rings (SSSR count). The number of benzene rings is 1. The highest BCUT2D eigenvalue weighted by Gasteiger charge is 2.21. The Morgan fingerprint density at radius 3 is 2.47 bits per heavy atom.